The van der Waals surface area contributed by atoms with Gasteiger partial charge in [-0.2, -0.15) is 0 Å². The first kappa shape index (κ1) is 5.11. The van der Waals surface area contributed by atoms with Crippen LogP contribution in [0.25, 0.3) is 0 Å². The van der Waals surface area contributed by atoms with E-state index in [1.165, 1.54) is 0 Å². The normalized spacial score (nSPS) is 15.6. The lowest BCUT2D eigenvalue weighted by Crippen LogP contribution is -2.08. The van der Waals surface area contributed by atoms with Crippen molar-refractivity contribution in [2.45, 2.75) is 0 Å². The molecule has 0 N–H and O–H groups in total. The molecule has 47 valence electrons. The molecule has 0 saturated heterocycles. The Morgan fingerprint density at radius 1 is 1.33 bits per heavy atom. The molecule has 9 heavy (non-hydrogen) atoms. The summed E-state index contributed by atoms with van der Waals surface area (Å²) >= 11 is 1.59. The molecule has 0 saturated carbocycles. The van der Waals surface area contributed by atoms with E-state index in [4.69, 9.17) is 9.47 Å². The zero-order chi connectivity index (χ0) is 6.10. The molecule has 0 unspecified atom stereocenters. The smallest absolute Gasteiger partial charge is 0.173 e. The Balaban J connectivity index is 2.39. The summed E-state index contributed by atoms with van der Waals surface area (Å²) in [7, 11) is 0. The second kappa shape index (κ2) is 1.92. The average Bonchev–Trinajstić information content (AvgIpc) is 2.33. The molecule has 0 amide bonds. The van der Waals surface area contributed by atoms with Gasteiger partial charge in [-0.05, 0) is 0 Å². The molecule has 0 fully saturated rings. The first-order chi connectivity index (χ1) is 4.47. The summed E-state index contributed by atoms with van der Waals surface area (Å²) in [5.74, 6) is 1.70. The highest BCUT2D eigenvalue weighted by Gasteiger charge is 2.10. The van der Waals surface area contributed by atoms with Gasteiger partial charge in [-0.3, -0.25) is 0 Å². The van der Waals surface area contributed by atoms with Gasteiger partial charge in [0.2, 0.25) is 0 Å². The maximum Gasteiger partial charge on any atom is 0.173 e. The largest absolute Gasteiger partial charge is 0.485 e. The standard InChI is InChI=1S/C6H5O2S/c1-2-8-6-4-9-3-5(6)7-1/h1,3-4H,2H2. The number of fused-ring (bicyclic) bond motifs is 1. The maximum atomic E-state index is 5.19. The Labute approximate surface area is 57.0 Å². The van der Waals surface area contributed by atoms with E-state index >= 15 is 0 Å². The van der Waals surface area contributed by atoms with Crippen LogP contribution in [0.15, 0.2) is 10.8 Å². The predicted molar refractivity (Wildman–Crippen MR) is 34.7 cm³/mol. The number of hydrogen-bond donors (Lipinski definition) is 0. The highest BCUT2D eigenvalue weighted by atomic mass is 32.1. The molecule has 3 heteroatoms. The van der Waals surface area contributed by atoms with Crippen LogP contribution < -0.4 is 9.47 Å². The van der Waals surface area contributed by atoms with Crippen LogP contribution >= 0.6 is 11.3 Å². The molecule has 0 aliphatic carbocycles. The van der Waals surface area contributed by atoms with Crippen molar-refractivity contribution in [2.75, 3.05) is 6.61 Å². The van der Waals surface area contributed by atoms with Crippen molar-refractivity contribution >= 4 is 11.3 Å². The summed E-state index contributed by atoms with van der Waals surface area (Å²) in [5, 5.41) is 3.85. The number of rotatable bonds is 0. The molecular weight excluding hydrogens is 136 g/mol. The molecule has 1 aliphatic heterocycles. The molecule has 1 radical (unpaired) electrons. The lowest BCUT2D eigenvalue weighted by molar-refractivity contribution is 0.226. The summed E-state index contributed by atoms with van der Waals surface area (Å²) in [4.78, 5) is 0. The van der Waals surface area contributed by atoms with E-state index in [0.717, 1.165) is 11.5 Å². The van der Waals surface area contributed by atoms with E-state index < -0.39 is 0 Å². The van der Waals surface area contributed by atoms with Gasteiger partial charge in [-0.1, -0.05) is 0 Å². The van der Waals surface area contributed by atoms with Crippen LogP contribution in [0.2, 0.25) is 0 Å². The van der Waals surface area contributed by atoms with Crippen molar-refractivity contribution in [2.24, 2.45) is 0 Å². The van der Waals surface area contributed by atoms with Gasteiger partial charge in [0.05, 0.1) is 0 Å². The van der Waals surface area contributed by atoms with Crippen molar-refractivity contribution < 1.29 is 9.47 Å². The van der Waals surface area contributed by atoms with Gasteiger partial charge < -0.3 is 9.47 Å². The van der Waals surface area contributed by atoms with Crippen molar-refractivity contribution in [3.63, 3.8) is 0 Å². The van der Waals surface area contributed by atoms with Gasteiger partial charge >= 0.3 is 0 Å². The first-order valence-corrected chi connectivity index (χ1v) is 3.58. The summed E-state index contributed by atoms with van der Waals surface area (Å²) in [6.45, 7) is 2.21. The minimum Gasteiger partial charge on any atom is -0.485 e. The van der Waals surface area contributed by atoms with Gasteiger partial charge in [-0.25, -0.2) is 0 Å². The van der Waals surface area contributed by atoms with E-state index in [9.17, 15) is 0 Å². The Morgan fingerprint density at radius 3 is 3.11 bits per heavy atom. The lowest BCUT2D eigenvalue weighted by atomic mass is 10.5. The number of thiophene rings is 1. The van der Waals surface area contributed by atoms with E-state index in [1.54, 1.807) is 17.9 Å². The quantitative estimate of drug-likeness (QED) is 0.547. The summed E-state index contributed by atoms with van der Waals surface area (Å²) < 4.78 is 10.3. The third-order valence-electron chi connectivity index (χ3n) is 1.11. The molecule has 1 aromatic rings. The summed E-state index contributed by atoms with van der Waals surface area (Å²) in [5.41, 5.74) is 0. The number of ether oxygens (including phenoxy) is 2. The highest BCUT2D eigenvalue weighted by Crippen LogP contribution is 2.34. The second-order valence-electron chi connectivity index (χ2n) is 1.70. The Kier molecular flexibility index (Phi) is 1.09. The maximum absolute atomic E-state index is 5.19. The molecule has 0 bridgehead atoms. The van der Waals surface area contributed by atoms with E-state index in [0.29, 0.717) is 6.61 Å². The van der Waals surface area contributed by atoms with Gasteiger partial charge in [0, 0.05) is 10.8 Å². The Morgan fingerprint density at radius 2 is 2.22 bits per heavy atom. The van der Waals surface area contributed by atoms with Crippen LogP contribution in [-0.4, -0.2) is 6.61 Å². The Bertz CT molecular complexity index is 186. The predicted octanol–water partition coefficient (Wildman–Crippen LogP) is 1.68. The SMILES string of the molecule is [CH]1COc2cscc2O1. The van der Waals surface area contributed by atoms with Gasteiger partial charge in [0.1, 0.15) is 6.61 Å². The van der Waals surface area contributed by atoms with Crippen molar-refractivity contribution in [3.05, 3.63) is 17.4 Å². The fourth-order valence-electron chi connectivity index (χ4n) is 0.712. The monoisotopic (exact) mass is 141 g/mol. The second-order valence-corrected chi connectivity index (χ2v) is 2.44. The van der Waals surface area contributed by atoms with Gasteiger partial charge in [0.15, 0.2) is 18.1 Å². The fourth-order valence-corrected chi connectivity index (χ4v) is 1.38. The first-order valence-electron chi connectivity index (χ1n) is 2.64. The molecule has 1 aromatic heterocycles. The Hall–Kier alpha value is -0.700. The van der Waals surface area contributed by atoms with E-state index in [1.807, 2.05) is 10.8 Å². The molecule has 0 atom stereocenters. The lowest BCUT2D eigenvalue weighted by Gasteiger charge is -2.12. The third kappa shape index (κ3) is 0.772. The minimum atomic E-state index is 0.559. The van der Waals surface area contributed by atoms with Crippen molar-refractivity contribution in [1.82, 2.24) is 0 Å². The van der Waals surface area contributed by atoms with Gasteiger partial charge in [0.25, 0.3) is 0 Å². The van der Waals surface area contributed by atoms with E-state index in [-0.39, 0.29) is 0 Å². The fraction of sp³-hybridized carbons (Fsp3) is 0.167. The highest BCUT2D eigenvalue weighted by molar-refractivity contribution is 7.08. The zero-order valence-corrected chi connectivity index (χ0v) is 5.48. The van der Waals surface area contributed by atoms with Gasteiger partial charge in [-0.15, -0.1) is 11.3 Å². The van der Waals surface area contributed by atoms with Crippen molar-refractivity contribution in [1.29, 1.82) is 0 Å². The molecule has 2 heterocycles. The summed E-state index contributed by atoms with van der Waals surface area (Å²) in [6, 6.07) is 0. The van der Waals surface area contributed by atoms with Crippen LogP contribution in [0.3, 0.4) is 0 Å². The molecule has 0 aromatic carbocycles. The molecule has 0 spiro atoms. The molecule has 1 aliphatic rings. The topological polar surface area (TPSA) is 18.5 Å². The molecule has 2 nitrogen and oxygen atoms in total. The van der Waals surface area contributed by atoms with Crippen LogP contribution in [0.1, 0.15) is 0 Å². The average molecular weight is 141 g/mol. The molecular formula is C6H5O2S. The van der Waals surface area contributed by atoms with Crippen LogP contribution in [0.5, 0.6) is 11.5 Å². The number of hydrogen-bond acceptors (Lipinski definition) is 3. The van der Waals surface area contributed by atoms with Crippen molar-refractivity contribution in [3.8, 4) is 11.5 Å². The zero-order valence-electron chi connectivity index (χ0n) is 4.66. The van der Waals surface area contributed by atoms with Crippen LogP contribution in [0, 0.1) is 6.61 Å². The van der Waals surface area contributed by atoms with Crippen LogP contribution in [0.4, 0.5) is 0 Å². The molecule has 2 rings (SSSR count). The third-order valence-corrected chi connectivity index (χ3v) is 1.81. The van der Waals surface area contributed by atoms with E-state index in [2.05, 4.69) is 0 Å². The summed E-state index contributed by atoms with van der Waals surface area (Å²) in [6.07, 6.45) is 0. The minimum absolute atomic E-state index is 0.559. The van der Waals surface area contributed by atoms with Crippen LogP contribution in [-0.2, 0) is 0 Å².